The molecule has 0 aliphatic heterocycles. The van der Waals surface area contributed by atoms with Crippen molar-refractivity contribution in [2.45, 2.75) is 65.2 Å². The van der Waals surface area contributed by atoms with Crippen LogP contribution in [0, 0.1) is 0 Å². The van der Waals surface area contributed by atoms with Gasteiger partial charge in [-0.15, -0.1) is 0 Å². The molecule has 0 atom stereocenters. The van der Waals surface area contributed by atoms with Gasteiger partial charge >= 0.3 is 0 Å². The van der Waals surface area contributed by atoms with Crippen LogP contribution >= 0.6 is 0 Å². The average molecular weight is 677 g/mol. The van der Waals surface area contributed by atoms with Gasteiger partial charge in [0.1, 0.15) is 36.2 Å². The predicted octanol–water partition coefficient (Wildman–Crippen LogP) is 11.4. The first-order chi connectivity index (χ1) is 24.7. The number of hydrogen-bond acceptors (Lipinski definition) is 6. The Hall–Kier alpha value is -4.26. The minimum Gasteiger partial charge on any atom is -0.494 e. The van der Waals surface area contributed by atoms with Crippen molar-refractivity contribution in [3.63, 3.8) is 0 Å². The molecule has 6 heteroatoms. The van der Waals surface area contributed by atoms with Crippen LogP contribution in [-0.2, 0) is 9.47 Å². The molecule has 0 saturated heterocycles. The van der Waals surface area contributed by atoms with Gasteiger partial charge in [0.2, 0.25) is 0 Å². The summed E-state index contributed by atoms with van der Waals surface area (Å²) in [5, 5.41) is 11.6. The van der Waals surface area contributed by atoms with E-state index in [2.05, 4.69) is 86.6 Å². The molecule has 0 bridgehead atoms. The van der Waals surface area contributed by atoms with Gasteiger partial charge in [-0.1, -0.05) is 76.6 Å². The molecule has 6 rings (SSSR count). The van der Waals surface area contributed by atoms with E-state index in [4.69, 9.17) is 28.4 Å². The molecular formula is C44H52O6. The first kappa shape index (κ1) is 35.6. The van der Waals surface area contributed by atoms with Crippen molar-refractivity contribution in [3.8, 4) is 23.0 Å². The van der Waals surface area contributed by atoms with E-state index in [0.29, 0.717) is 39.6 Å². The first-order valence-electron chi connectivity index (χ1n) is 18.5. The highest BCUT2D eigenvalue weighted by Crippen LogP contribution is 2.46. The monoisotopic (exact) mass is 676 g/mol. The number of ether oxygens (including phenoxy) is 6. The van der Waals surface area contributed by atoms with Crippen LogP contribution in [0.4, 0.5) is 0 Å². The summed E-state index contributed by atoms with van der Waals surface area (Å²) in [6, 6.07) is 26.0. The number of methoxy groups -OCH3 is 2. The van der Waals surface area contributed by atoms with Crippen LogP contribution in [-0.4, -0.2) is 53.9 Å². The Morgan fingerprint density at radius 1 is 0.340 bits per heavy atom. The lowest BCUT2D eigenvalue weighted by Crippen LogP contribution is -2.04. The second kappa shape index (κ2) is 17.6. The third-order valence-corrected chi connectivity index (χ3v) is 9.52. The van der Waals surface area contributed by atoms with E-state index in [-0.39, 0.29) is 0 Å². The summed E-state index contributed by atoms with van der Waals surface area (Å²) in [5.74, 6) is 3.42. The summed E-state index contributed by atoms with van der Waals surface area (Å²) < 4.78 is 35.6. The number of rotatable bonds is 20. The van der Waals surface area contributed by atoms with E-state index < -0.39 is 0 Å². The lowest BCUT2D eigenvalue weighted by Gasteiger charge is -2.19. The topological polar surface area (TPSA) is 55.4 Å². The molecule has 0 unspecified atom stereocenters. The summed E-state index contributed by atoms with van der Waals surface area (Å²) in [7, 11) is 3.39. The molecule has 0 saturated carbocycles. The fourth-order valence-corrected chi connectivity index (χ4v) is 6.97. The maximum atomic E-state index is 6.33. The molecule has 0 fully saturated rings. The Bertz CT molecular complexity index is 1890. The normalized spacial score (nSPS) is 11.7. The third kappa shape index (κ3) is 8.03. The minimum absolute atomic E-state index is 0.481. The quantitative estimate of drug-likeness (QED) is 0.0592. The van der Waals surface area contributed by atoms with Crippen LogP contribution in [0.1, 0.15) is 65.2 Å². The summed E-state index contributed by atoms with van der Waals surface area (Å²) in [6.45, 7) is 7.91. The molecule has 264 valence electrons. The number of fused-ring (bicyclic) bond motifs is 11. The maximum Gasteiger partial charge on any atom is 0.120 e. The number of hydrogen-bond donors (Lipinski definition) is 0. The molecular weight excluding hydrogens is 624 g/mol. The van der Waals surface area contributed by atoms with E-state index in [1.165, 1.54) is 60.1 Å². The van der Waals surface area contributed by atoms with Crippen molar-refractivity contribution >= 4 is 53.9 Å². The molecule has 0 radical (unpaired) electrons. The first-order valence-corrected chi connectivity index (χ1v) is 18.5. The molecule has 6 aromatic carbocycles. The smallest absolute Gasteiger partial charge is 0.120 e. The SMILES string of the molecule is CCCCCCOc1ccc2c(c1)c1ccc(OCCOC)cc1c1c3ccc(OCCCCCC)cc3c3ccc(OCCOC)cc3c21. The fraction of sp³-hybridized carbons (Fsp3) is 0.409. The molecule has 0 aliphatic carbocycles. The van der Waals surface area contributed by atoms with Gasteiger partial charge in [0.15, 0.2) is 0 Å². The van der Waals surface area contributed by atoms with Crippen molar-refractivity contribution in [1.29, 1.82) is 0 Å². The van der Waals surface area contributed by atoms with Gasteiger partial charge in [0.05, 0.1) is 26.4 Å². The molecule has 6 aromatic rings. The lowest BCUT2D eigenvalue weighted by molar-refractivity contribution is 0.146. The van der Waals surface area contributed by atoms with Crippen molar-refractivity contribution in [3.05, 3.63) is 72.8 Å². The second-order valence-electron chi connectivity index (χ2n) is 13.1. The zero-order chi connectivity index (χ0) is 34.7. The summed E-state index contributed by atoms with van der Waals surface area (Å²) >= 11 is 0. The molecule has 0 N–H and O–H groups in total. The van der Waals surface area contributed by atoms with E-state index in [0.717, 1.165) is 68.2 Å². The van der Waals surface area contributed by atoms with Gasteiger partial charge in [-0.2, -0.15) is 0 Å². The Kier molecular flexibility index (Phi) is 12.5. The lowest BCUT2D eigenvalue weighted by atomic mass is 9.87. The molecule has 0 spiro atoms. The Labute approximate surface area is 296 Å². The van der Waals surface area contributed by atoms with E-state index in [9.17, 15) is 0 Å². The van der Waals surface area contributed by atoms with E-state index >= 15 is 0 Å². The second-order valence-corrected chi connectivity index (χ2v) is 13.1. The van der Waals surface area contributed by atoms with Crippen molar-refractivity contribution < 1.29 is 28.4 Å². The standard InChI is InChI=1S/C44H52O6/c1-5-7-9-11-21-47-31-15-19-37-39(27-31)35-17-13-33(49-25-23-45-3)29-41(35)44-38-20-16-32(48-22-12-10-8-6-2)28-40(38)36-18-14-34(50-26-24-46-4)30-42(36)43(37)44/h13-20,27-30H,5-12,21-26H2,1-4H3. The van der Waals surface area contributed by atoms with Crippen molar-refractivity contribution in [2.24, 2.45) is 0 Å². The van der Waals surface area contributed by atoms with Gasteiger partial charge in [-0.25, -0.2) is 0 Å². The largest absolute Gasteiger partial charge is 0.494 e. The van der Waals surface area contributed by atoms with Gasteiger partial charge in [0.25, 0.3) is 0 Å². The molecule has 0 aliphatic rings. The summed E-state index contributed by atoms with van der Waals surface area (Å²) in [6.07, 6.45) is 9.36. The molecule has 0 amide bonds. The Balaban J connectivity index is 1.59. The third-order valence-electron chi connectivity index (χ3n) is 9.52. The summed E-state index contributed by atoms with van der Waals surface area (Å²) in [4.78, 5) is 0. The van der Waals surface area contributed by atoms with Gasteiger partial charge in [0, 0.05) is 14.2 Å². The highest BCUT2D eigenvalue weighted by atomic mass is 16.5. The van der Waals surface area contributed by atoms with Crippen LogP contribution in [0.3, 0.4) is 0 Å². The zero-order valence-corrected chi connectivity index (χ0v) is 30.3. The molecule has 0 aromatic heterocycles. The van der Waals surface area contributed by atoms with Gasteiger partial charge < -0.3 is 28.4 Å². The van der Waals surface area contributed by atoms with E-state index in [1.54, 1.807) is 14.2 Å². The number of benzene rings is 6. The maximum absolute atomic E-state index is 6.33. The van der Waals surface area contributed by atoms with Crippen LogP contribution < -0.4 is 18.9 Å². The summed E-state index contributed by atoms with van der Waals surface area (Å²) in [5.41, 5.74) is 0. The van der Waals surface area contributed by atoms with Crippen LogP contribution in [0.25, 0.3) is 53.9 Å². The van der Waals surface area contributed by atoms with Crippen molar-refractivity contribution in [1.82, 2.24) is 0 Å². The average Bonchev–Trinajstić information content (AvgIpc) is 3.14. The highest BCUT2D eigenvalue weighted by Gasteiger charge is 2.18. The zero-order valence-electron chi connectivity index (χ0n) is 30.3. The molecule has 6 nitrogen and oxygen atoms in total. The predicted molar refractivity (Wildman–Crippen MR) is 208 cm³/mol. The molecule has 50 heavy (non-hydrogen) atoms. The Morgan fingerprint density at radius 2 is 0.700 bits per heavy atom. The van der Waals surface area contributed by atoms with E-state index in [1.807, 2.05) is 0 Å². The van der Waals surface area contributed by atoms with Crippen LogP contribution in [0.5, 0.6) is 23.0 Å². The van der Waals surface area contributed by atoms with Gasteiger partial charge in [-0.3, -0.25) is 0 Å². The van der Waals surface area contributed by atoms with Crippen LogP contribution in [0.2, 0.25) is 0 Å². The Morgan fingerprint density at radius 3 is 1.08 bits per heavy atom. The van der Waals surface area contributed by atoms with Gasteiger partial charge in [-0.05, 0) is 115 Å². The minimum atomic E-state index is 0.481. The van der Waals surface area contributed by atoms with Crippen molar-refractivity contribution in [2.75, 3.05) is 53.9 Å². The van der Waals surface area contributed by atoms with Crippen LogP contribution in [0.15, 0.2) is 72.8 Å². The highest BCUT2D eigenvalue weighted by molar-refractivity contribution is 6.39. The fourth-order valence-electron chi connectivity index (χ4n) is 6.97. The molecule has 0 heterocycles. The number of unbranched alkanes of at least 4 members (excludes halogenated alkanes) is 6.